The Labute approximate surface area is 271 Å². The largest absolute Gasteiger partial charge is 0.357 e. The molecule has 224 valence electrons. The predicted octanol–water partition coefficient (Wildman–Crippen LogP) is 6.88. The van der Waals surface area contributed by atoms with Gasteiger partial charge in [-0.15, -0.1) is 0 Å². The van der Waals surface area contributed by atoms with Crippen LogP contribution in [-0.2, 0) is 32.6 Å². The number of amides is 2. The van der Waals surface area contributed by atoms with Crippen LogP contribution in [-0.4, -0.2) is 44.8 Å². The SMILES string of the molecule is CNC(=O)[C@@H](Cc1ccccc1)N(Cc1c(Cl)cccc1Cl)C(=O)CN(c1cccc(Cl)c1Cl)S(=O)(=O)c1ccccc1. The lowest BCUT2D eigenvalue weighted by Crippen LogP contribution is -2.53. The van der Waals surface area contributed by atoms with Crippen LogP contribution >= 0.6 is 46.4 Å². The molecule has 2 amide bonds. The lowest BCUT2D eigenvalue weighted by atomic mass is 10.0. The Morgan fingerprint density at radius 1 is 0.767 bits per heavy atom. The fourth-order valence-corrected chi connectivity index (χ4v) is 6.90. The number of benzene rings is 4. The van der Waals surface area contributed by atoms with Crippen LogP contribution in [0, 0.1) is 0 Å². The molecule has 0 unspecified atom stereocenters. The number of nitrogens with zero attached hydrogens (tertiary/aromatic N) is 2. The lowest BCUT2D eigenvalue weighted by molar-refractivity contribution is -0.139. The quantitative estimate of drug-likeness (QED) is 0.187. The van der Waals surface area contributed by atoms with Gasteiger partial charge in [0.15, 0.2) is 0 Å². The average Bonchev–Trinajstić information content (AvgIpc) is 3.01. The molecule has 1 atom stereocenters. The summed E-state index contributed by atoms with van der Waals surface area (Å²) in [6, 6.07) is 25.1. The Morgan fingerprint density at radius 3 is 1.93 bits per heavy atom. The van der Waals surface area contributed by atoms with Gasteiger partial charge in [0.25, 0.3) is 10.0 Å². The number of hydrogen-bond acceptors (Lipinski definition) is 4. The topological polar surface area (TPSA) is 86.8 Å². The van der Waals surface area contributed by atoms with Crippen molar-refractivity contribution in [3.63, 3.8) is 0 Å². The van der Waals surface area contributed by atoms with Gasteiger partial charge in [-0.2, -0.15) is 0 Å². The smallest absolute Gasteiger partial charge is 0.264 e. The van der Waals surface area contributed by atoms with Crippen LogP contribution < -0.4 is 9.62 Å². The lowest BCUT2D eigenvalue weighted by Gasteiger charge is -2.34. The summed E-state index contributed by atoms with van der Waals surface area (Å²) in [5.41, 5.74) is 1.19. The van der Waals surface area contributed by atoms with Crippen molar-refractivity contribution in [1.29, 1.82) is 0 Å². The first-order chi connectivity index (χ1) is 20.5. The molecule has 0 saturated heterocycles. The second kappa shape index (κ2) is 14.5. The molecule has 4 rings (SSSR count). The van der Waals surface area contributed by atoms with Crippen molar-refractivity contribution in [2.24, 2.45) is 0 Å². The second-order valence-corrected chi connectivity index (χ2v) is 12.9. The average molecular weight is 679 g/mol. The zero-order chi connectivity index (χ0) is 31.1. The predicted molar refractivity (Wildman–Crippen MR) is 172 cm³/mol. The molecule has 0 fully saturated rings. The summed E-state index contributed by atoms with van der Waals surface area (Å²) in [5, 5.41) is 3.25. The van der Waals surface area contributed by atoms with Crippen LogP contribution in [0.3, 0.4) is 0 Å². The molecule has 1 N–H and O–H groups in total. The van der Waals surface area contributed by atoms with E-state index >= 15 is 0 Å². The molecule has 43 heavy (non-hydrogen) atoms. The minimum atomic E-state index is -4.33. The van der Waals surface area contributed by atoms with Gasteiger partial charge >= 0.3 is 0 Å². The maximum Gasteiger partial charge on any atom is 0.264 e. The molecule has 0 aliphatic carbocycles. The van der Waals surface area contributed by atoms with Gasteiger partial charge in [-0.25, -0.2) is 8.42 Å². The zero-order valence-electron chi connectivity index (χ0n) is 22.9. The van der Waals surface area contributed by atoms with Crippen molar-refractivity contribution < 1.29 is 18.0 Å². The third-order valence-electron chi connectivity index (χ3n) is 6.72. The Bertz CT molecular complexity index is 1690. The van der Waals surface area contributed by atoms with Crippen LogP contribution in [0.2, 0.25) is 20.1 Å². The standard InChI is InChI=1S/C31H27Cl4N3O4S/c1-36-31(40)28(18-21-10-4-2-5-11-21)37(19-23-24(32)14-8-15-25(23)33)29(39)20-38(27-17-9-16-26(34)30(27)35)43(41,42)22-12-6-3-7-13-22/h2-17,28H,18-20H2,1H3,(H,36,40)/t28-/m1/s1. The van der Waals surface area contributed by atoms with Gasteiger partial charge in [-0.1, -0.05) is 107 Å². The molecule has 0 bridgehead atoms. The van der Waals surface area contributed by atoms with E-state index in [2.05, 4.69) is 5.32 Å². The van der Waals surface area contributed by atoms with Gasteiger partial charge in [0, 0.05) is 35.6 Å². The first-order valence-electron chi connectivity index (χ1n) is 13.0. The van der Waals surface area contributed by atoms with Crippen molar-refractivity contribution in [3.05, 3.63) is 128 Å². The molecule has 0 radical (unpaired) electrons. The van der Waals surface area contributed by atoms with Crippen LogP contribution in [0.4, 0.5) is 5.69 Å². The van der Waals surface area contributed by atoms with E-state index in [4.69, 9.17) is 46.4 Å². The molecule has 0 heterocycles. The number of rotatable bonds is 11. The van der Waals surface area contributed by atoms with E-state index in [9.17, 15) is 18.0 Å². The van der Waals surface area contributed by atoms with Crippen LogP contribution in [0.15, 0.2) is 102 Å². The minimum Gasteiger partial charge on any atom is -0.357 e. The number of carbonyl (C=O) groups is 2. The summed E-state index contributed by atoms with van der Waals surface area (Å²) in [6.45, 7) is -0.883. The molecule has 0 aromatic heterocycles. The van der Waals surface area contributed by atoms with E-state index in [1.165, 1.54) is 42.3 Å². The fourth-order valence-electron chi connectivity index (χ4n) is 4.49. The molecule has 4 aromatic carbocycles. The van der Waals surface area contributed by atoms with Crippen molar-refractivity contribution in [2.75, 3.05) is 17.9 Å². The number of anilines is 1. The normalized spacial score (nSPS) is 11.9. The highest BCUT2D eigenvalue weighted by Crippen LogP contribution is 2.36. The maximum atomic E-state index is 14.4. The Hall–Kier alpha value is -3.27. The highest BCUT2D eigenvalue weighted by Gasteiger charge is 2.35. The molecule has 12 heteroatoms. The van der Waals surface area contributed by atoms with E-state index in [1.807, 2.05) is 30.3 Å². The Kier molecular flexibility index (Phi) is 11.0. The van der Waals surface area contributed by atoms with Gasteiger partial charge in [-0.05, 0) is 42.0 Å². The van der Waals surface area contributed by atoms with E-state index in [1.54, 1.807) is 36.4 Å². The molecule has 0 spiro atoms. The van der Waals surface area contributed by atoms with Gasteiger partial charge in [0.05, 0.1) is 20.6 Å². The van der Waals surface area contributed by atoms with Crippen molar-refractivity contribution in [2.45, 2.75) is 23.9 Å². The Morgan fingerprint density at radius 2 is 1.33 bits per heavy atom. The highest BCUT2D eigenvalue weighted by atomic mass is 35.5. The summed E-state index contributed by atoms with van der Waals surface area (Å²) in [5.74, 6) is -1.16. The third-order valence-corrected chi connectivity index (χ3v) is 10.0. The summed E-state index contributed by atoms with van der Waals surface area (Å²) < 4.78 is 28.9. The first-order valence-corrected chi connectivity index (χ1v) is 16.0. The molecule has 0 aliphatic heterocycles. The van der Waals surface area contributed by atoms with Crippen LogP contribution in [0.5, 0.6) is 0 Å². The van der Waals surface area contributed by atoms with E-state index < -0.39 is 34.4 Å². The summed E-state index contributed by atoms with van der Waals surface area (Å²) in [7, 11) is -2.87. The number of halogens is 4. The van der Waals surface area contributed by atoms with Gasteiger partial charge in [0.2, 0.25) is 11.8 Å². The minimum absolute atomic E-state index is 0.00153. The van der Waals surface area contributed by atoms with Gasteiger partial charge in [0.1, 0.15) is 12.6 Å². The first kappa shape index (κ1) is 32.6. The van der Waals surface area contributed by atoms with Crippen LogP contribution in [0.25, 0.3) is 0 Å². The summed E-state index contributed by atoms with van der Waals surface area (Å²) in [6.07, 6.45) is 0.137. The summed E-state index contributed by atoms with van der Waals surface area (Å²) in [4.78, 5) is 28.9. The van der Waals surface area contributed by atoms with Gasteiger partial charge < -0.3 is 10.2 Å². The fraction of sp³-hybridized carbons (Fsp3) is 0.161. The third kappa shape index (κ3) is 7.63. The Balaban J connectivity index is 1.85. The highest BCUT2D eigenvalue weighted by molar-refractivity contribution is 7.92. The molecule has 0 aliphatic rings. The number of nitrogens with one attached hydrogen (secondary N) is 1. The van der Waals surface area contributed by atoms with Crippen molar-refractivity contribution in [3.8, 4) is 0 Å². The number of hydrogen-bond donors (Lipinski definition) is 1. The molecule has 4 aromatic rings. The number of sulfonamides is 1. The van der Waals surface area contributed by atoms with Crippen LogP contribution in [0.1, 0.15) is 11.1 Å². The second-order valence-electron chi connectivity index (χ2n) is 9.44. The van der Waals surface area contributed by atoms with Crippen molar-refractivity contribution >= 4 is 73.9 Å². The van der Waals surface area contributed by atoms with E-state index in [0.717, 1.165) is 9.87 Å². The van der Waals surface area contributed by atoms with E-state index in [0.29, 0.717) is 5.56 Å². The molecule has 0 saturated carbocycles. The molecular formula is C31H27Cl4N3O4S. The number of carbonyl (C=O) groups excluding carboxylic acids is 2. The molecule has 7 nitrogen and oxygen atoms in total. The number of likely N-dealkylation sites (N-methyl/N-ethyl adjacent to an activating group) is 1. The monoisotopic (exact) mass is 677 g/mol. The van der Waals surface area contributed by atoms with Crippen molar-refractivity contribution in [1.82, 2.24) is 10.2 Å². The van der Waals surface area contributed by atoms with E-state index in [-0.39, 0.29) is 43.6 Å². The summed E-state index contributed by atoms with van der Waals surface area (Å²) >= 11 is 25.7. The maximum absolute atomic E-state index is 14.4. The van der Waals surface area contributed by atoms with Gasteiger partial charge in [-0.3, -0.25) is 13.9 Å². The zero-order valence-corrected chi connectivity index (χ0v) is 26.7. The molecular weight excluding hydrogens is 652 g/mol.